The van der Waals surface area contributed by atoms with Gasteiger partial charge in [-0.15, -0.1) is 0 Å². The monoisotopic (exact) mass is 302 g/mol. The lowest BCUT2D eigenvalue weighted by Crippen LogP contribution is -2.17. The fourth-order valence-electron chi connectivity index (χ4n) is 2.21. The largest absolute Gasteiger partial charge is 0.475 e. The average Bonchev–Trinajstić information content (AvgIpc) is 2.95. The van der Waals surface area contributed by atoms with E-state index < -0.39 is 0 Å². The van der Waals surface area contributed by atoms with Crippen LogP contribution in [0.25, 0.3) is 0 Å². The molecule has 0 atom stereocenters. The van der Waals surface area contributed by atoms with Crippen molar-refractivity contribution in [2.45, 2.75) is 39.0 Å². The summed E-state index contributed by atoms with van der Waals surface area (Å²) in [5.41, 5.74) is 3.56. The molecule has 0 fully saturated rings. The Kier molecular flexibility index (Phi) is 8.89. The maximum absolute atomic E-state index is 5.63. The van der Waals surface area contributed by atoms with E-state index in [0.29, 0.717) is 12.5 Å². The van der Waals surface area contributed by atoms with Crippen LogP contribution in [0, 0.1) is 0 Å². The van der Waals surface area contributed by atoms with Crippen molar-refractivity contribution in [2.75, 3.05) is 19.7 Å². The first kappa shape index (κ1) is 18.1. The van der Waals surface area contributed by atoms with Gasteiger partial charge in [-0.1, -0.05) is 44.2 Å². The molecule has 0 heterocycles. The second-order valence-electron chi connectivity index (χ2n) is 5.71. The van der Waals surface area contributed by atoms with Gasteiger partial charge in [0.15, 0.2) is 5.88 Å². The maximum Gasteiger partial charge on any atom is 0.179 e. The molecular weight excluding hydrogens is 272 g/mol. The van der Waals surface area contributed by atoms with Gasteiger partial charge < -0.3 is 15.4 Å². The molecule has 3 nitrogen and oxygen atoms in total. The number of unbranched alkanes of at least 4 members (excludes halogenated alkanes) is 3. The van der Waals surface area contributed by atoms with Gasteiger partial charge in [0, 0.05) is 18.8 Å². The Morgan fingerprint density at radius 3 is 2.41 bits per heavy atom. The van der Waals surface area contributed by atoms with E-state index in [4.69, 9.17) is 4.74 Å². The minimum absolute atomic E-state index is 0.603. The second-order valence-corrected chi connectivity index (χ2v) is 5.71. The van der Waals surface area contributed by atoms with Gasteiger partial charge in [0.25, 0.3) is 0 Å². The number of hydrogen-bond donors (Lipinski definition) is 2. The minimum atomic E-state index is 0.603. The first-order chi connectivity index (χ1) is 10.6. The molecule has 0 spiro atoms. The summed E-state index contributed by atoms with van der Waals surface area (Å²) in [6, 6.07) is 0. The molecule has 0 radical (unpaired) electrons. The summed E-state index contributed by atoms with van der Waals surface area (Å²) in [5.74, 6) is 0.664. The van der Waals surface area contributed by atoms with Crippen molar-refractivity contribution in [3.8, 4) is 0 Å². The summed E-state index contributed by atoms with van der Waals surface area (Å²) in [7, 11) is 0. The van der Waals surface area contributed by atoms with E-state index in [1.54, 1.807) is 0 Å². The standard InChI is InChI=1S/C19H30N2O/c1-5-18-10-11-19(14-18)15-22-17(4)21-13-9-7-6-8-12-20-16(2)3/h5,10-11,20-21H,1-2,4,6-9,12-15H2,3H3. The van der Waals surface area contributed by atoms with Crippen LogP contribution < -0.4 is 10.6 Å². The average molecular weight is 302 g/mol. The van der Waals surface area contributed by atoms with Crippen LogP contribution in [0.4, 0.5) is 0 Å². The smallest absolute Gasteiger partial charge is 0.179 e. The van der Waals surface area contributed by atoms with E-state index in [9.17, 15) is 0 Å². The maximum atomic E-state index is 5.63. The number of nitrogens with one attached hydrogen (secondary N) is 2. The van der Waals surface area contributed by atoms with Gasteiger partial charge in [-0.2, -0.15) is 0 Å². The molecule has 0 aliphatic heterocycles. The van der Waals surface area contributed by atoms with E-state index in [1.165, 1.54) is 30.4 Å². The highest BCUT2D eigenvalue weighted by Gasteiger charge is 2.06. The normalized spacial score (nSPS) is 13.1. The van der Waals surface area contributed by atoms with E-state index >= 15 is 0 Å². The van der Waals surface area contributed by atoms with Crippen LogP contribution in [0.1, 0.15) is 39.0 Å². The van der Waals surface area contributed by atoms with Crippen molar-refractivity contribution in [3.05, 3.63) is 60.7 Å². The lowest BCUT2D eigenvalue weighted by molar-refractivity contribution is 0.215. The number of hydrogen-bond acceptors (Lipinski definition) is 3. The summed E-state index contributed by atoms with van der Waals surface area (Å²) in [6.45, 7) is 16.0. The summed E-state index contributed by atoms with van der Waals surface area (Å²) in [6.07, 6.45) is 11.8. The van der Waals surface area contributed by atoms with Gasteiger partial charge in [-0.05, 0) is 43.9 Å². The van der Waals surface area contributed by atoms with Crippen molar-refractivity contribution in [1.82, 2.24) is 10.6 Å². The number of rotatable bonds is 13. The van der Waals surface area contributed by atoms with Gasteiger partial charge in [-0.3, -0.25) is 0 Å². The Hall–Kier alpha value is -1.90. The highest BCUT2D eigenvalue weighted by atomic mass is 16.5. The van der Waals surface area contributed by atoms with Gasteiger partial charge in [0.1, 0.15) is 6.61 Å². The second kappa shape index (κ2) is 10.8. The van der Waals surface area contributed by atoms with Crippen LogP contribution in [0.3, 0.4) is 0 Å². The predicted molar refractivity (Wildman–Crippen MR) is 95.4 cm³/mol. The summed E-state index contributed by atoms with van der Waals surface area (Å²) in [4.78, 5) is 0. The lowest BCUT2D eigenvalue weighted by atomic mass is 10.1. The van der Waals surface area contributed by atoms with Crippen molar-refractivity contribution in [3.63, 3.8) is 0 Å². The molecule has 0 aromatic heterocycles. The number of ether oxygens (including phenoxy) is 1. The zero-order valence-corrected chi connectivity index (χ0v) is 13.9. The molecule has 1 rings (SSSR count). The van der Waals surface area contributed by atoms with Crippen molar-refractivity contribution < 1.29 is 4.74 Å². The summed E-state index contributed by atoms with van der Waals surface area (Å²) >= 11 is 0. The third kappa shape index (κ3) is 8.40. The predicted octanol–water partition coefficient (Wildman–Crippen LogP) is 4.19. The Bertz CT molecular complexity index is 446. The minimum Gasteiger partial charge on any atom is -0.475 e. The first-order valence-electron chi connectivity index (χ1n) is 8.08. The van der Waals surface area contributed by atoms with Crippen LogP contribution in [0.5, 0.6) is 0 Å². The summed E-state index contributed by atoms with van der Waals surface area (Å²) < 4.78 is 5.63. The molecule has 0 unspecified atom stereocenters. The fourth-order valence-corrected chi connectivity index (χ4v) is 2.21. The van der Waals surface area contributed by atoms with E-state index in [2.05, 4.69) is 42.5 Å². The Morgan fingerprint density at radius 2 is 1.82 bits per heavy atom. The Morgan fingerprint density at radius 1 is 1.14 bits per heavy atom. The third-order valence-electron chi connectivity index (χ3n) is 3.51. The molecule has 0 aromatic carbocycles. The van der Waals surface area contributed by atoms with Crippen LogP contribution in [0.2, 0.25) is 0 Å². The molecule has 0 aromatic rings. The van der Waals surface area contributed by atoms with E-state index in [-0.39, 0.29) is 0 Å². The quantitative estimate of drug-likeness (QED) is 0.395. The summed E-state index contributed by atoms with van der Waals surface area (Å²) in [5, 5.41) is 6.48. The van der Waals surface area contributed by atoms with Crippen molar-refractivity contribution >= 4 is 0 Å². The van der Waals surface area contributed by atoms with E-state index in [0.717, 1.165) is 31.6 Å². The van der Waals surface area contributed by atoms with Crippen LogP contribution >= 0.6 is 0 Å². The van der Waals surface area contributed by atoms with Crippen LogP contribution in [0.15, 0.2) is 60.7 Å². The Balaban J connectivity index is 1.92. The van der Waals surface area contributed by atoms with Crippen molar-refractivity contribution in [1.29, 1.82) is 0 Å². The van der Waals surface area contributed by atoms with Gasteiger partial charge in [0.2, 0.25) is 0 Å². The molecule has 22 heavy (non-hydrogen) atoms. The van der Waals surface area contributed by atoms with Gasteiger partial charge in [0.05, 0.1) is 0 Å². The molecule has 0 saturated carbocycles. The molecule has 122 valence electrons. The molecule has 3 heteroatoms. The number of allylic oxidation sites excluding steroid dienone is 5. The fraction of sp³-hybridized carbons (Fsp3) is 0.474. The molecule has 0 saturated heterocycles. The van der Waals surface area contributed by atoms with Gasteiger partial charge in [-0.25, -0.2) is 0 Å². The topological polar surface area (TPSA) is 33.3 Å². The lowest BCUT2D eigenvalue weighted by Gasteiger charge is -2.12. The van der Waals surface area contributed by atoms with Crippen LogP contribution in [-0.2, 0) is 4.74 Å². The molecule has 1 aliphatic carbocycles. The highest BCUT2D eigenvalue weighted by molar-refractivity contribution is 5.36. The first-order valence-corrected chi connectivity index (χ1v) is 8.08. The molecule has 0 bridgehead atoms. The zero-order chi connectivity index (χ0) is 16.2. The third-order valence-corrected chi connectivity index (χ3v) is 3.51. The molecular formula is C19H30N2O. The highest BCUT2D eigenvalue weighted by Crippen LogP contribution is 2.19. The van der Waals surface area contributed by atoms with Crippen molar-refractivity contribution in [2.24, 2.45) is 0 Å². The Labute approximate surface area is 135 Å². The van der Waals surface area contributed by atoms with Gasteiger partial charge >= 0.3 is 0 Å². The van der Waals surface area contributed by atoms with E-state index in [1.807, 2.05) is 13.0 Å². The molecule has 0 amide bonds. The molecule has 2 N–H and O–H groups in total. The zero-order valence-electron chi connectivity index (χ0n) is 13.9. The molecule has 1 aliphatic rings. The van der Waals surface area contributed by atoms with Crippen LogP contribution in [-0.4, -0.2) is 19.7 Å². The SMILES string of the molecule is C=CC1=CC=C(COC(=C)NCCCCCCNC(=C)C)C1.